The van der Waals surface area contributed by atoms with Gasteiger partial charge in [-0.15, -0.1) is 6.58 Å². The highest BCUT2D eigenvalue weighted by Gasteiger charge is 2.24. The monoisotopic (exact) mass is 389 g/mol. The van der Waals surface area contributed by atoms with Crippen molar-refractivity contribution < 1.29 is 9.59 Å². The van der Waals surface area contributed by atoms with Gasteiger partial charge in [-0.2, -0.15) is 0 Å². The third-order valence-electron chi connectivity index (χ3n) is 3.33. The van der Waals surface area contributed by atoms with Gasteiger partial charge in [0, 0.05) is 17.5 Å². The molecule has 0 bridgehead atoms. The predicted octanol–water partition coefficient (Wildman–Crippen LogP) is 4.19. The van der Waals surface area contributed by atoms with Gasteiger partial charge in [0.1, 0.15) is 10.7 Å². The quantitative estimate of drug-likeness (QED) is 0.550. The summed E-state index contributed by atoms with van der Waals surface area (Å²) < 4.78 is 0.738. The number of carbonyl (C=O) groups excluding carboxylic acids is 2. The molecule has 0 saturated carbocycles. The number of carbonyl (C=O) groups is 2. The molecule has 2 N–H and O–H groups in total. The number of thiazole rings is 1. The van der Waals surface area contributed by atoms with E-state index in [0.717, 1.165) is 15.6 Å². The molecule has 1 aromatic carbocycles. The van der Waals surface area contributed by atoms with Crippen molar-refractivity contribution in [2.24, 2.45) is 5.41 Å². The number of hydrogen-bond acceptors (Lipinski definition) is 5. The Labute approximate surface area is 162 Å². The fraction of sp³-hybridized carbons (Fsp3) is 0.316. The second-order valence-electron chi connectivity index (χ2n) is 6.61. The maximum Gasteiger partial charge on any atom is 0.230 e. The van der Waals surface area contributed by atoms with Gasteiger partial charge in [-0.25, -0.2) is 4.98 Å². The number of amides is 2. The molecule has 0 fully saturated rings. The highest BCUT2D eigenvalue weighted by molar-refractivity contribution is 8.01. The Morgan fingerprint density at radius 2 is 1.96 bits per heavy atom. The molecule has 0 aliphatic rings. The lowest BCUT2D eigenvalue weighted by Crippen LogP contribution is -2.27. The molecular formula is C19H23N3O2S2. The van der Waals surface area contributed by atoms with Crippen molar-refractivity contribution >= 4 is 39.9 Å². The van der Waals surface area contributed by atoms with Gasteiger partial charge in [-0.1, -0.05) is 80.3 Å². The topological polar surface area (TPSA) is 71.1 Å². The average Bonchev–Trinajstić information content (AvgIpc) is 3.01. The Morgan fingerprint density at radius 1 is 1.27 bits per heavy atom. The molecule has 0 spiro atoms. The van der Waals surface area contributed by atoms with E-state index in [4.69, 9.17) is 0 Å². The number of thioether (sulfide) groups is 1. The second-order valence-corrected chi connectivity index (χ2v) is 8.83. The normalized spacial score (nSPS) is 11.0. The summed E-state index contributed by atoms with van der Waals surface area (Å²) in [4.78, 5) is 28.8. The van der Waals surface area contributed by atoms with Crippen LogP contribution in [0.2, 0.25) is 0 Å². The molecule has 7 heteroatoms. The van der Waals surface area contributed by atoms with E-state index < -0.39 is 5.41 Å². The first-order valence-electron chi connectivity index (χ1n) is 8.19. The van der Waals surface area contributed by atoms with E-state index in [1.807, 2.05) is 51.1 Å². The Bertz CT molecular complexity index is 780. The number of anilines is 1. The summed E-state index contributed by atoms with van der Waals surface area (Å²) in [5.74, 6) is 0.118. The van der Waals surface area contributed by atoms with Gasteiger partial charge in [-0.05, 0) is 0 Å². The van der Waals surface area contributed by atoms with Crippen LogP contribution in [0.25, 0.3) is 11.3 Å². The van der Waals surface area contributed by atoms with E-state index in [1.54, 1.807) is 6.08 Å². The van der Waals surface area contributed by atoms with Crippen LogP contribution in [0.4, 0.5) is 5.00 Å². The van der Waals surface area contributed by atoms with E-state index in [0.29, 0.717) is 11.5 Å². The van der Waals surface area contributed by atoms with Crippen molar-refractivity contribution in [1.29, 1.82) is 0 Å². The maximum atomic E-state index is 12.4. The van der Waals surface area contributed by atoms with Crippen molar-refractivity contribution in [2.45, 2.75) is 25.1 Å². The first kappa shape index (κ1) is 20.2. The molecule has 138 valence electrons. The van der Waals surface area contributed by atoms with Gasteiger partial charge in [0.05, 0.1) is 5.75 Å². The molecule has 0 atom stereocenters. The summed E-state index contributed by atoms with van der Waals surface area (Å²) in [6.07, 6.45) is 1.64. The maximum absolute atomic E-state index is 12.4. The number of nitrogens with zero attached hydrogens (tertiary/aromatic N) is 1. The van der Waals surface area contributed by atoms with Gasteiger partial charge in [0.15, 0.2) is 4.34 Å². The van der Waals surface area contributed by atoms with Crippen LogP contribution >= 0.6 is 23.1 Å². The molecule has 26 heavy (non-hydrogen) atoms. The third kappa shape index (κ3) is 5.71. The average molecular weight is 390 g/mol. The lowest BCUT2D eigenvalue weighted by Gasteiger charge is -2.17. The highest BCUT2D eigenvalue weighted by atomic mass is 32.2. The van der Waals surface area contributed by atoms with Gasteiger partial charge < -0.3 is 10.6 Å². The molecule has 1 heterocycles. The van der Waals surface area contributed by atoms with Crippen LogP contribution in [-0.2, 0) is 9.59 Å². The van der Waals surface area contributed by atoms with E-state index >= 15 is 0 Å². The highest BCUT2D eigenvalue weighted by Crippen LogP contribution is 2.38. The summed E-state index contributed by atoms with van der Waals surface area (Å²) in [5.41, 5.74) is 1.15. The summed E-state index contributed by atoms with van der Waals surface area (Å²) >= 11 is 2.74. The van der Waals surface area contributed by atoms with Crippen LogP contribution in [0.3, 0.4) is 0 Å². The van der Waals surface area contributed by atoms with E-state index in [2.05, 4.69) is 22.2 Å². The minimum Gasteiger partial charge on any atom is -0.352 e. The molecule has 0 aliphatic carbocycles. The van der Waals surface area contributed by atoms with Crippen LogP contribution in [-0.4, -0.2) is 29.1 Å². The smallest absolute Gasteiger partial charge is 0.230 e. The Morgan fingerprint density at radius 3 is 2.58 bits per heavy atom. The van der Waals surface area contributed by atoms with Crippen molar-refractivity contribution in [3.8, 4) is 11.3 Å². The van der Waals surface area contributed by atoms with Gasteiger partial charge >= 0.3 is 0 Å². The van der Waals surface area contributed by atoms with Crippen LogP contribution in [0.1, 0.15) is 20.8 Å². The number of aromatic nitrogens is 1. The van der Waals surface area contributed by atoms with Gasteiger partial charge in [0.2, 0.25) is 11.8 Å². The van der Waals surface area contributed by atoms with Crippen LogP contribution in [0.15, 0.2) is 47.3 Å². The van der Waals surface area contributed by atoms with E-state index in [9.17, 15) is 9.59 Å². The molecule has 0 saturated heterocycles. The molecular weight excluding hydrogens is 366 g/mol. The minimum atomic E-state index is -0.504. The Kier molecular flexibility index (Phi) is 6.99. The Balaban J connectivity index is 2.22. The number of rotatable bonds is 7. The largest absolute Gasteiger partial charge is 0.352 e. The molecule has 0 unspecified atom stereocenters. The van der Waals surface area contributed by atoms with Crippen molar-refractivity contribution in [3.63, 3.8) is 0 Å². The zero-order valence-electron chi connectivity index (χ0n) is 15.2. The van der Waals surface area contributed by atoms with Crippen LogP contribution in [0, 0.1) is 5.41 Å². The van der Waals surface area contributed by atoms with Crippen molar-refractivity contribution in [3.05, 3.63) is 43.0 Å². The summed E-state index contributed by atoms with van der Waals surface area (Å²) in [6, 6.07) is 9.70. The zero-order chi connectivity index (χ0) is 19.2. The molecule has 2 amide bonds. The predicted molar refractivity (Wildman–Crippen MR) is 110 cm³/mol. The molecule has 0 radical (unpaired) electrons. The summed E-state index contributed by atoms with van der Waals surface area (Å²) in [7, 11) is 0. The van der Waals surface area contributed by atoms with Gasteiger partial charge in [-0.3, -0.25) is 9.59 Å². The first-order valence-corrected chi connectivity index (χ1v) is 9.99. The van der Waals surface area contributed by atoms with Crippen molar-refractivity contribution in [1.82, 2.24) is 10.3 Å². The van der Waals surface area contributed by atoms with Gasteiger partial charge in [0.25, 0.3) is 0 Å². The van der Waals surface area contributed by atoms with Crippen molar-refractivity contribution in [2.75, 3.05) is 17.6 Å². The second kappa shape index (κ2) is 9.00. The lowest BCUT2D eigenvalue weighted by atomic mass is 9.96. The summed E-state index contributed by atoms with van der Waals surface area (Å²) in [5, 5.41) is 6.42. The first-order chi connectivity index (χ1) is 12.3. The Hall–Kier alpha value is -2.12. The van der Waals surface area contributed by atoms with E-state index in [-0.39, 0.29) is 17.6 Å². The fourth-order valence-corrected chi connectivity index (χ4v) is 3.78. The van der Waals surface area contributed by atoms with Crippen LogP contribution < -0.4 is 10.6 Å². The molecule has 2 aromatic rings. The zero-order valence-corrected chi connectivity index (χ0v) is 16.8. The lowest BCUT2D eigenvalue weighted by molar-refractivity contribution is -0.123. The third-order valence-corrected chi connectivity index (χ3v) is 5.45. The molecule has 5 nitrogen and oxygen atoms in total. The number of nitrogens with one attached hydrogen (secondary N) is 2. The van der Waals surface area contributed by atoms with Crippen LogP contribution in [0.5, 0.6) is 0 Å². The standard InChI is InChI=1S/C19H23N3O2S2/c1-5-11-20-14(23)12-25-18-21-15(13-9-7-6-8-10-13)16(26-18)22-17(24)19(2,3)4/h5-10H,1,11-12H2,2-4H3,(H,20,23)(H,22,24). The molecule has 0 aliphatic heterocycles. The fourth-order valence-electron chi connectivity index (χ4n) is 1.89. The van der Waals surface area contributed by atoms with E-state index in [1.165, 1.54) is 23.1 Å². The number of benzene rings is 1. The minimum absolute atomic E-state index is 0.0707. The number of hydrogen-bond donors (Lipinski definition) is 2. The molecule has 2 rings (SSSR count). The SMILES string of the molecule is C=CCNC(=O)CSc1nc(-c2ccccc2)c(NC(=O)C(C)(C)C)s1. The molecule has 1 aromatic heterocycles. The summed E-state index contributed by atoms with van der Waals surface area (Å²) in [6.45, 7) is 9.62.